The van der Waals surface area contributed by atoms with E-state index in [4.69, 9.17) is 0 Å². The molecule has 274 valence electrons. The molecule has 0 nitrogen and oxygen atoms in total. The molecule has 0 amide bonds. The van der Waals surface area contributed by atoms with Crippen LogP contribution < -0.4 is 0 Å². The quantitative estimate of drug-likeness (QED) is 0.158. The highest BCUT2D eigenvalue weighted by Crippen LogP contribution is 2.59. The maximum absolute atomic E-state index is 15.5. The van der Waals surface area contributed by atoms with Crippen molar-refractivity contribution in [3.63, 3.8) is 0 Å². The second-order valence-corrected chi connectivity index (χ2v) is 15.4. The van der Waals surface area contributed by atoms with Crippen molar-refractivity contribution >= 4 is 21.5 Å². The van der Waals surface area contributed by atoms with Crippen LogP contribution in [0.4, 0.5) is 26.3 Å². The molecule has 0 N–H and O–H groups in total. The standard InChI is InChI=1S/C50H32F6/c1-47(49(51,52)53)43-10-6-5-9-39(43)40-20-18-37(27-44(40)47)38-19-22-42-41-21-17-36(26-45(41)48(2,46(42)28-38)50(54,55)56)35-16-15-33-24-32(13-14-34(33)25-35)31-12-11-29-7-3-4-8-30(29)23-31/h3-28H,1-2H3. The smallest absolute Gasteiger partial charge is 0.170 e. The maximum Gasteiger partial charge on any atom is 0.402 e. The Kier molecular flexibility index (Phi) is 7.17. The van der Waals surface area contributed by atoms with Crippen LogP contribution >= 0.6 is 0 Å². The summed E-state index contributed by atoms with van der Waals surface area (Å²) in [6.45, 7) is 2.39. The second-order valence-electron chi connectivity index (χ2n) is 15.4. The van der Waals surface area contributed by atoms with Crippen molar-refractivity contribution in [2.75, 3.05) is 0 Å². The van der Waals surface area contributed by atoms with Gasteiger partial charge in [-0.3, -0.25) is 0 Å². The number of alkyl halides is 6. The third-order valence-electron chi connectivity index (χ3n) is 12.4. The molecule has 0 saturated carbocycles. The van der Waals surface area contributed by atoms with Gasteiger partial charge in [-0.25, -0.2) is 0 Å². The molecule has 2 unspecified atom stereocenters. The van der Waals surface area contributed by atoms with E-state index in [2.05, 4.69) is 42.5 Å². The van der Waals surface area contributed by atoms with E-state index in [-0.39, 0.29) is 22.3 Å². The number of hydrogen-bond donors (Lipinski definition) is 0. The molecule has 10 rings (SSSR count). The van der Waals surface area contributed by atoms with E-state index in [1.165, 1.54) is 37.4 Å². The number of hydrogen-bond acceptors (Lipinski definition) is 0. The molecule has 0 bridgehead atoms. The Morgan fingerprint density at radius 1 is 0.304 bits per heavy atom. The summed E-state index contributed by atoms with van der Waals surface area (Å²) in [5.41, 5.74) is 2.30. The lowest BCUT2D eigenvalue weighted by Crippen LogP contribution is -2.39. The SMILES string of the molecule is CC1(C(F)(F)F)c2ccccc2-c2ccc(-c3ccc4c(c3)C(C)(C(F)(F)F)c3cc(-c5ccc6cc(-c7ccc8ccccc8c7)ccc6c5)ccc3-4)cc21. The van der Waals surface area contributed by atoms with Gasteiger partial charge in [0.05, 0.1) is 0 Å². The van der Waals surface area contributed by atoms with Crippen LogP contribution in [0.5, 0.6) is 0 Å². The molecule has 0 aliphatic heterocycles. The third kappa shape index (κ3) is 4.81. The molecule has 0 saturated heterocycles. The van der Waals surface area contributed by atoms with Gasteiger partial charge in [0, 0.05) is 0 Å². The summed E-state index contributed by atoms with van der Waals surface area (Å²) in [5.74, 6) is 0. The Hall–Kier alpha value is -6.14. The number of rotatable bonds is 3. The minimum atomic E-state index is -4.67. The van der Waals surface area contributed by atoms with Crippen molar-refractivity contribution < 1.29 is 26.3 Å². The molecule has 2 atom stereocenters. The zero-order chi connectivity index (χ0) is 38.8. The molecule has 0 spiro atoms. The van der Waals surface area contributed by atoms with Crippen LogP contribution in [0.3, 0.4) is 0 Å². The predicted molar refractivity (Wildman–Crippen MR) is 214 cm³/mol. The van der Waals surface area contributed by atoms with Gasteiger partial charge in [0.15, 0.2) is 0 Å². The molecule has 0 fully saturated rings. The van der Waals surface area contributed by atoms with E-state index in [1.54, 1.807) is 54.6 Å². The van der Waals surface area contributed by atoms with E-state index >= 15 is 13.2 Å². The molecule has 2 aliphatic carbocycles. The molecule has 8 aromatic carbocycles. The summed E-state index contributed by atoms with van der Waals surface area (Å²) in [7, 11) is 0. The predicted octanol–water partition coefficient (Wildman–Crippen LogP) is 14.7. The first-order valence-corrected chi connectivity index (χ1v) is 18.5. The van der Waals surface area contributed by atoms with E-state index in [1.807, 2.05) is 42.5 Å². The van der Waals surface area contributed by atoms with Gasteiger partial charge in [0.2, 0.25) is 0 Å². The zero-order valence-electron chi connectivity index (χ0n) is 30.3. The van der Waals surface area contributed by atoms with Gasteiger partial charge in [-0.15, -0.1) is 0 Å². The van der Waals surface area contributed by atoms with Crippen molar-refractivity contribution in [3.8, 4) is 55.6 Å². The highest BCUT2D eigenvalue weighted by molar-refractivity contribution is 5.94. The van der Waals surface area contributed by atoms with Crippen molar-refractivity contribution in [2.45, 2.75) is 37.0 Å². The first kappa shape index (κ1) is 34.4. The fourth-order valence-corrected chi connectivity index (χ4v) is 9.15. The normalized spacial score (nSPS) is 18.5. The second kappa shape index (κ2) is 11.7. The maximum atomic E-state index is 15.5. The molecule has 8 aromatic rings. The Morgan fingerprint density at radius 3 is 1.05 bits per heavy atom. The first-order chi connectivity index (χ1) is 26.8. The third-order valence-corrected chi connectivity index (χ3v) is 12.4. The van der Waals surface area contributed by atoms with E-state index < -0.39 is 23.2 Å². The van der Waals surface area contributed by atoms with Crippen LogP contribution in [0.2, 0.25) is 0 Å². The fourth-order valence-electron chi connectivity index (χ4n) is 9.15. The highest BCUT2D eigenvalue weighted by Gasteiger charge is 2.59. The average molecular weight is 747 g/mol. The first-order valence-electron chi connectivity index (χ1n) is 18.5. The average Bonchev–Trinajstić information content (AvgIpc) is 3.62. The Bertz CT molecular complexity index is 2930. The summed E-state index contributed by atoms with van der Waals surface area (Å²) < 4.78 is 90.9. The Morgan fingerprint density at radius 2 is 0.607 bits per heavy atom. The summed E-state index contributed by atoms with van der Waals surface area (Å²) in [6.07, 6.45) is -9.26. The molecule has 2 aliphatic rings. The number of benzene rings is 8. The molecule has 6 heteroatoms. The summed E-state index contributed by atoms with van der Waals surface area (Å²) in [6, 6.07) is 48.3. The van der Waals surface area contributed by atoms with Crippen LogP contribution in [-0.2, 0) is 10.8 Å². The Balaban J connectivity index is 1.03. The van der Waals surface area contributed by atoms with Gasteiger partial charge in [-0.2, -0.15) is 26.3 Å². The van der Waals surface area contributed by atoms with Crippen LogP contribution in [0, 0.1) is 0 Å². The number of halogens is 6. The van der Waals surface area contributed by atoms with E-state index in [0.29, 0.717) is 38.9 Å². The molecule has 0 radical (unpaired) electrons. The topological polar surface area (TPSA) is 0 Å². The lowest BCUT2D eigenvalue weighted by Gasteiger charge is -2.31. The van der Waals surface area contributed by atoms with E-state index in [9.17, 15) is 13.2 Å². The summed E-state index contributed by atoms with van der Waals surface area (Å²) in [5, 5.41) is 4.32. The van der Waals surface area contributed by atoms with E-state index in [0.717, 1.165) is 32.8 Å². The van der Waals surface area contributed by atoms with Gasteiger partial charge >= 0.3 is 12.4 Å². The largest absolute Gasteiger partial charge is 0.402 e. The zero-order valence-corrected chi connectivity index (χ0v) is 30.3. The lowest BCUT2D eigenvalue weighted by atomic mass is 9.77. The highest BCUT2D eigenvalue weighted by atomic mass is 19.4. The van der Waals surface area contributed by atoms with Crippen molar-refractivity contribution in [1.82, 2.24) is 0 Å². The van der Waals surface area contributed by atoms with Crippen LogP contribution in [0.25, 0.3) is 77.2 Å². The molecular weight excluding hydrogens is 715 g/mol. The van der Waals surface area contributed by atoms with Crippen molar-refractivity contribution in [1.29, 1.82) is 0 Å². The summed E-state index contributed by atoms with van der Waals surface area (Å²) >= 11 is 0. The molecule has 56 heavy (non-hydrogen) atoms. The van der Waals surface area contributed by atoms with Gasteiger partial charge in [-0.05, 0) is 150 Å². The molecular formula is C50H32F6. The fraction of sp³-hybridized carbons (Fsp3) is 0.120. The van der Waals surface area contributed by atoms with Crippen LogP contribution in [0.15, 0.2) is 158 Å². The van der Waals surface area contributed by atoms with Crippen molar-refractivity contribution in [3.05, 3.63) is 180 Å². The Labute approximate surface area is 319 Å². The summed E-state index contributed by atoms with van der Waals surface area (Å²) in [4.78, 5) is 0. The minimum Gasteiger partial charge on any atom is -0.170 e. The number of fused-ring (bicyclic) bond motifs is 8. The van der Waals surface area contributed by atoms with Crippen LogP contribution in [0.1, 0.15) is 36.1 Å². The lowest BCUT2D eigenvalue weighted by molar-refractivity contribution is -0.172. The van der Waals surface area contributed by atoms with Gasteiger partial charge in [0.25, 0.3) is 0 Å². The molecule has 0 heterocycles. The molecule has 0 aromatic heterocycles. The van der Waals surface area contributed by atoms with Gasteiger partial charge in [0.1, 0.15) is 10.8 Å². The van der Waals surface area contributed by atoms with Gasteiger partial charge < -0.3 is 0 Å². The van der Waals surface area contributed by atoms with Crippen molar-refractivity contribution in [2.24, 2.45) is 0 Å². The van der Waals surface area contributed by atoms with Gasteiger partial charge in [-0.1, -0.05) is 121 Å². The monoisotopic (exact) mass is 746 g/mol. The van der Waals surface area contributed by atoms with Crippen LogP contribution in [-0.4, -0.2) is 12.4 Å². The minimum absolute atomic E-state index is 0.0803.